The van der Waals surface area contributed by atoms with Gasteiger partial charge in [-0.1, -0.05) is 12.1 Å². The molecule has 1 N–H and O–H groups in total. The van der Waals surface area contributed by atoms with E-state index in [9.17, 15) is 14.7 Å². The Morgan fingerprint density at radius 3 is 2.44 bits per heavy atom. The number of aliphatic hydroxyl groups is 1. The lowest BCUT2D eigenvalue weighted by atomic mass is 9.95. The molecule has 0 bridgehead atoms. The summed E-state index contributed by atoms with van der Waals surface area (Å²) in [7, 11) is 5.40. The highest BCUT2D eigenvalue weighted by atomic mass is 16.6. The van der Waals surface area contributed by atoms with E-state index >= 15 is 0 Å². The minimum atomic E-state index is -0.727. The first-order valence-electron chi connectivity index (χ1n) is 10.4. The Labute approximate surface area is 186 Å². The Hall–Kier alpha value is -3.52. The third-order valence-electron chi connectivity index (χ3n) is 5.62. The molecular weight excluding hydrogens is 412 g/mol. The molecule has 2 heterocycles. The summed E-state index contributed by atoms with van der Waals surface area (Å²) >= 11 is 0. The largest absolute Gasteiger partial charge is 0.507 e. The van der Waals surface area contributed by atoms with Crippen LogP contribution < -0.4 is 14.4 Å². The van der Waals surface area contributed by atoms with E-state index in [4.69, 9.17) is 14.2 Å². The van der Waals surface area contributed by atoms with Gasteiger partial charge in [0, 0.05) is 39.0 Å². The number of nitrogens with zero attached hydrogens (tertiary/aromatic N) is 2. The molecule has 1 amide bonds. The molecule has 0 spiro atoms. The number of aliphatic hydroxyl groups excluding tert-OH is 1. The number of hydrogen-bond donors (Lipinski definition) is 1. The standard InChI is InChI=1S/C24H26N2O6/c1-25(2)17-7-4-15(5-8-17)21-20(23(28)24(29)26(21)10-11-30-3)22(27)16-6-9-18-19(14-16)32-13-12-31-18/h4-9,14,21,27H,10-13H2,1-3H3/t21-/m0/s1. The number of Topliss-reactive ketones (excluding diaryl/α,β-unsaturated/α-hetero) is 1. The fourth-order valence-electron chi connectivity index (χ4n) is 3.95. The number of carbonyl (C=O) groups excluding carboxylic acids is 2. The first kappa shape index (κ1) is 21.7. The molecule has 0 radical (unpaired) electrons. The Morgan fingerprint density at radius 2 is 1.78 bits per heavy atom. The molecule has 2 aromatic carbocycles. The van der Waals surface area contributed by atoms with Crippen LogP contribution in [0.3, 0.4) is 0 Å². The molecule has 2 aliphatic rings. The first-order valence-corrected chi connectivity index (χ1v) is 10.4. The van der Waals surface area contributed by atoms with Gasteiger partial charge in [0.05, 0.1) is 18.2 Å². The van der Waals surface area contributed by atoms with Crippen LogP contribution in [0.1, 0.15) is 17.2 Å². The predicted molar refractivity (Wildman–Crippen MR) is 119 cm³/mol. The van der Waals surface area contributed by atoms with Crippen LogP contribution in [-0.2, 0) is 14.3 Å². The van der Waals surface area contributed by atoms with Gasteiger partial charge in [0.15, 0.2) is 11.5 Å². The molecule has 0 aliphatic carbocycles. The zero-order chi connectivity index (χ0) is 22.8. The number of rotatable bonds is 6. The lowest BCUT2D eigenvalue weighted by Gasteiger charge is -2.25. The Morgan fingerprint density at radius 1 is 1.09 bits per heavy atom. The summed E-state index contributed by atoms with van der Waals surface area (Å²) in [6, 6.07) is 11.8. The third-order valence-corrected chi connectivity index (χ3v) is 5.62. The van der Waals surface area contributed by atoms with E-state index in [1.807, 2.05) is 43.3 Å². The van der Waals surface area contributed by atoms with Gasteiger partial charge in [0.1, 0.15) is 19.0 Å². The normalized spacial score (nSPS) is 19.3. The predicted octanol–water partition coefficient (Wildman–Crippen LogP) is 2.59. The number of fused-ring (bicyclic) bond motifs is 1. The van der Waals surface area contributed by atoms with Crippen LogP contribution in [0.15, 0.2) is 48.0 Å². The van der Waals surface area contributed by atoms with Gasteiger partial charge >= 0.3 is 0 Å². The van der Waals surface area contributed by atoms with Crippen LogP contribution in [0.2, 0.25) is 0 Å². The maximum atomic E-state index is 13.0. The topological polar surface area (TPSA) is 88.5 Å². The Bertz CT molecular complexity index is 1060. The van der Waals surface area contributed by atoms with E-state index in [1.54, 1.807) is 18.2 Å². The van der Waals surface area contributed by atoms with E-state index in [1.165, 1.54) is 12.0 Å². The van der Waals surface area contributed by atoms with Crippen LogP contribution in [0.4, 0.5) is 5.69 Å². The van der Waals surface area contributed by atoms with Crippen molar-refractivity contribution in [1.29, 1.82) is 0 Å². The summed E-state index contributed by atoms with van der Waals surface area (Å²) in [6.07, 6.45) is 0. The average molecular weight is 438 g/mol. The third kappa shape index (κ3) is 3.89. The van der Waals surface area contributed by atoms with E-state index < -0.39 is 17.7 Å². The van der Waals surface area contributed by atoms with Crippen molar-refractivity contribution in [3.05, 3.63) is 59.2 Å². The number of carbonyl (C=O) groups is 2. The van der Waals surface area contributed by atoms with Crippen molar-refractivity contribution in [3.8, 4) is 11.5 Å². The van der Waals surface area contributed by atoms with Gasteiger partial charge in [-0.2, -0.15) is 0 Å². The molecule has 2 aromatic rings. The molecule has 4 rings (SSSR count). The van der Waals surface area contributed by atoms with Crippen molar-refractivity contribution < 1.29 is 28.9 Å². The lowest BCUT2D eigenvalue weighted by molar-refractivity contribution is -0.140. The molecule has 1 saturated heterocycles. The number of likely N-dealkylation sites (tertiary alicyclic amines) is 1. The SMILES string of the molecule is COCCN1C(=O)C(=O)C(=C(O)c2ccc3c(c2)OCCO3)[C@@H]1c1ccc(N(C)C)cc1. The highest BCUT2D eigenvalue weighted by Gasteiger charge is 2.46. The maximum absolute atomic E-state index is 13.0. The van der Waals surface area contributed by atoms with Crippen molar-refractivity contribution in [2.45, 2.75) is 6.04 Å². The molecular formula is C24H26N2O6. The van der Waals surface area contributed by atoms with Gasteiger partial charge in [-0.05, 0) is 35.9 Å². The molecule has 8 heteroatoms. The summed E-state index contributed by atoms with van der Waals surface area (Å²) in [6.45, 7) is 1.34. The second-order valence-electron chi connectivity index (χ2n) is 7.83. The zero-order valence-corrected chi connectivity index (χ0v) is 18.3. The smallest absolute Gasteiger partial charge is 0.295 e. The number of methoxy groups -OCH3 is 1. The molecule has 2 aliphatic heterocycles. The summed E-state index contributed by atoms with van der Waals surface area (Å²) in [5.74, 6) is -0.579. The number of benzene rings is 2. The molecule has 0 unspecified atom stereocenters. The van der Waals surface area contributed by atoms with Crippen LogP contribution in [0, 0.1) is 0 Å². The second kappa shape index (κ2) is 8.92. The molecule has 168 valence electrons. The summed E-state index contributed by atoms with van der Waals surface area (Å²) in [4.78, 5) is 29.3. The lowest BCUT2D eigenvalue weighted by Crippen LogP contribution is -2.32. The zero-order valence-electron chi connectivity index (χ0n) is 18.3. The van der Waals surface area contributed by atoms with Crippen molar-refractivity contribution in [3.63, 3.8) is 0 Å². The van der Waals surface area contributed by atoms with Crippen molar-refractivity contribution in [1.82, 2.24) is 4.90 Å². The van der Waals surface area contributed by atoms with Crippen LogP contribution in [-0.4, -0.2) is 69.3 Å². The number of amides is 1. The quantitative estimate of drug-likeness (QED) is 0.421. The molecule has 1 atom stereocenters. The molecule has 0 saturated carbocycles. The van der Waals surface area contributed by atoms with E-state index in [0.29, 0.717) is 30.3 Å². The number of ether oxygens (including phenoxy) is 3. The Balaban J connectivity index is 1.81. The van der Waals surface area contributed by atoms with Gasteiger partial charge in [-0.15, -0.1) is 0 Å². The summed E-state index contributed by atoms with van der Waals surface area (Å²) < 4.78 is 16.3. The van der Waals surface area contributed by atoms with Crippen molar-refractivity contribution >= 4 is 23.1 Å². The summed E-state index contributed by atoms with van der Waals surface area (Å²) in [5, 5.41) is 11.2. The fraction of sp³-hybridized carbons (Fsp3) is 0.333. The maximum Gasteiger partial charge on any atom is 0.295 e. The number of hydrogen-bond acceptors (Lipinski definition) is 7. The van der Waals surface area contributed by atoms with Crippen LogP contribution >= 0.6 is 0 Å². The van der Waals surface area contributed by atoms with Gasteiger partial charge in [-0.3, -0.25) is 9.59 Å². The molecule has 1 fully saturated rings. The second-order valence-corrected chi connectivity index (χ2v) is 7.83. The summed E-state index contributed by atoms with van der Waals surface area (Å²) in [5.41, 5.74) is 2.13. The molecule has 8 nitrogen and oxygen atoms in total. The van der Waals surface area contributed by atoms with Gasteiger partial charge in [-0.25, -0.2) is 0 Å². The molecule has 32 heavy (non-hydrogen) atoms. The van der Waals surface area contributed by atoms with Crippen LogP contribution in [0.25, 0.3) is 5.76 Å². The van der Waals surface area contributed by atoms with E-state index in [0.717, 1.165) is 11.3 Å². The van der Waals surface area contributed by atoms with Crippen LogP contribution in [0.5, 0.6) is 11.5 Å². The van der Waals surface area contributed by atoms with Crippen molar-refractivity contribution in [2.24, 2.45) is 0 Å². The average Bonchev–Trinajstić information content (AvgIpc) is 3.06. The number of anilines is 1. The van der Waals surface area contributed by atoms with Gasteiger partial charge in [0.25, 0.3) is 11.7 Å². The van der Waals surface area contributed by atoms with E-state index in [-0.39, 0.29) is 24.5 Å². The van der Waals surface area contributed by atoms with E-state index in [2.05, 4.69) is 0 Å². The number of ketones is 1. The minimum Gasteiger partial charge on any atom is -0.507 e. The first-order chi connectivity index (χ1) is 15.4. The minimum absolute atomic E-state index is 0.0420. The Kier molecular flexibility index (Phi) is 6.05. The van der Waals surface area contributed by atoms with Crippen molar-refractivity contribution in [2.75, 3.05) is 52.5 Å². The fourth-order valence-corrected chi connectivity index (χ4v) is 3.95. The highest BCUT2D eigenvalue weighted by Crippen LogP contribution is 2.41. The monoisotopic (exact) mass is 438 g/mol. The molecule has 0 aromatic heterocycles. The van der Waals surface area contributed by atoms with Gasteiger partial charge in [0.2, 0.25) is 0 Å². The van der Waals surface area contributed by atoms with Gasteiger partial charge < -0.3 is 29.1 Å². The highest BCUT2D eigenvalue weighted by molar-refractivity contribution is 6.46.